The van der Waals surface area contributed by atoms with Crippen molar-refractivity contribution < 1.29 is 4.79 Å². The Morgan fingerprint density at radius 1 is 0.905 bits per heavy atom. The Bertz CT molecular complexity index is 448. The number of urea groups is 1. The summed E-state index contributed by atoms with van der Waals surface area (Å²) in [6.45, 7) is 2.02. The molecule has 1 aliphatic carbocycles. The molecular weight excluding hydrogens is 262 g/mol. The second-order valence-corrected chi connectivity index (χ2v) is 6.20. The predicted molar refractivity (Wildman–Crippen MR) is 85.6 cm³/mol. The van der Waals surface area contributed by atoms with Crippen LogP contribution in [0.2, 0.25) is 0 Å². The van der Waals surface area contributed by atoms with Gasteiger partial charge in [0.05, 0.1) is 0 Å². The molecule has 1 saturated heterocycles. The van der Waals surface area contributed by atoms with E-state index in [0.29, 0.717) is 12.1 Å². The molecule has 4 nitrogen and oxygen atoms in total. The van der Waals surface area contributed by atoms with Gasteiger partial charge in [-0.15, -0.1) is 0 Å². The average Bonchev–Trinajstić information content (AvgIpc) is 3.02. The average molecular weight is 287 g/mol. The molecule has 1 heterocycles. The van der Waals surface area contributed by atoms with Crippen molar-refractivity contribution >= 4 is 11.7 Å². The summed E-state index contributed by atoms with van der Waals surface area (Å²) < 4.78 is 0. The molecule has 0 atom stereocenters. The van der Waals surface area contributed by atoms with Crippen LogP contribution in [0.1, 0.15) is 38.5 Å². The number of carbonyl (C=O) groups is 1. The van der Waals surface area contributed by atoms with Crippen molar-refractivity contribution in [3.63, 3.8) is 0 Å². The molecule has 1 aromatic rings. The third-order valence-corrected chi connectivity index (χ3v) is 4.64. The van der Waals surface area contributed by atoms with Crippen LogP contribution in [0.25, 0.3) is 0 Å². The second kappa shape index (κ2) is 6.83. The van der Waals surface area contributed by atoms with E-state index in [2.05, 4.69) is 39.8 Å². The summed E-state index contributed by atoms with van der Waals surface area (Å²) in [4.78, 5) is 14.4. The molecule has 2 N–H and O–H groups in total. The first kappa shape index (κ1) is 14.2. The number of anilines is 1. The molecule has 0 unspecified atom stereocenters. The van der Waals surface area contributed by atoms with E-state index >= 15 is 0 Å². The molecule has 2 aliphatic rings. The topological polar surface area (TPSA) is 44.4 Å². The highest BCUT2D eigenvalue weighted by atomic mass is 16.2. The van der Waals surface area contributed by atoms with Crippen LogP contribution in [0.3, 0.4) is 0 Å². The highest BCUT2D eigenvalue weighted by Gasteiger charge is 2.22. The lowest BCUT2D eigenvalue weighted by molar-refractivity contribution is 0.230. The number of nitrogens with zero attached hydrogens (tertiary/aromatic N) is 1. The molecule has 114 valence electrons. The van der Waals surface area contributed by atoms with E-state index in [4.69, 9.17) is 0 Å². The molecule has 1 aromatic carbocycles. The molecule has 3 rings (SSSR count). The number of benzene rings is 1. The van der Waals surface area contributed by atoms with Gasteiger partial charge in [0.2, 0.25) is 0 Å². The summed E-state index contributed by atoms with van der Waals surface area (Å²) in [5, 5.41) is 6.25. The normalized spacial score (nSPS) is 20.5. The summed E-state index contributed by atoms with van der Waals surface area (Å²) in [6, 6.07) is 11.2. The number of nitrogens with one attached hydrogen (secondary N) is 2. The number of para-hydroxylation sites is 1. The van der Waals surface area contributed by atoms with Crippen LogP contribution in [-0.2, 0) is 0 Å². The summed E-state index contributed by atoms with van der Waals surface area (Å²) in [7, 11) is 0. The van der Waals surface area contributed by atoms with E-state index in [9.17, 15) is 4.79 Å². The quantitative estimate of drug-likeness (QED) is 0.898. The monoisotopic (exact) mass is 287 g/mol. The molecule has 1 saturated carbocycles. The molecular formula is C17H25N3O. The van der Waals surface area contributed by atoms with E-state index in [1.54, 1.807) is 0 Å². The van der Waals surface area contributed by atoms with Gasteiger partial charge >= 0.3 is 6.03 Å². The maximum Gasteiger partial charge on any atom is 0.315 e. The van der Waals surface area contributed by atoms with Crippen molar-refractivity contribution in [2.24, 2.45) is 0 Å². The summed E-state index contributed by atoms with van der Waals surface area (Å²) in [6.07, 6.45) is 6.82. The largest absolute Gasteiger partial charge is 0.371 e. The zero-order chi connectivity index (χ0) is 14.5. The minimum absolute atomic E-state index is 0.0278. The fourth-order valence-electron chi connectivity index (χ4n) is 3.40. The van der Waals surface area contributed by atoms with Gasteiger partial charge in [0.1, 0.15) is 0 Å². The lowest BCUT2D eigenvalue weighted by Crippen LogP contribution is -2.49. The van der Waals surface area contributed by atoms with Gasteiger partial charge in [-0.25, -0.2) is 4.79 Å². The van der Waals surface area contributed by atoms with Gasteiger partial charge in [-0.05, 0) is 37.8 Å². The highest BCUT2D eigenvalue weighted by molar-refractivity contribution is 5.74. The Kier molecular flexibility index (Phi) is 4.63. The minimum Gasteiger partial charge on any atom is -0.371 e. The van der Waals surface area contributed by atoms with Crippen LogP contribution in [0.15, 0.2) is 30.3 Å². The number of amides is 2. The van der Waals surface area contributed by atoms with Crippen LogP contribution < -0.4 is 15.5 Å². The van der Waals surface area contributed by atoms with Crippen molar-refractivity contribution in [2.45, 2.75) is 50.6 Å². The van der Waals surface area contributed by atoms with Crippen molar-refractivity contribution in [3.05, 3.63) is 30.3 Å². The van der Waals surface area contributed by atoms with Crippen molar-refractivity contribution in [3.8, 4) is 0 Å². The maximum absolute atomic E-state index is 12.0. The first-order valence-electron chi connectivity index (χ1n) is 8.18. The molecule has 4 heteroatoms. The third-order valence-electron chi connectivity index (χ3n) is 4.64. The summed E-state index contributed by atoms with van der Waals surface area (Å²) >= 11 is 0. The maximum atomic E-state index is 12.0. The smallest absolute Gasteiger partial charge is 0.315 e. The van der Waals surface area contributed by atoms with Gasteiger partial charge in [0.25, 0.3) is 0 Å². The molecule has 2 amide bonds. The van der Waals surface area contributed by atoms with E-state index < -0.39 is 0 Å². The highest BCUT2D eigenvalue weighted by Crippen LogP contribution is 2.20. The van der Waals surface area contributed by atoms with Crippen molar-refractivity contribution in [1.82, 2.24) is 10.6 Å². The zero-order valence-electron chi connectivity index (χ0n) is 12.6. The molecule has 0 spiro atoms. The number of piperidine rings is 1. The van der Waals surface area contributed by atoms with E-state index in [1.807, 2.05) is 6.07 Å². The Hall–Kier alpha value is -1.71. The van der Waals surface area contributed by atoms with Gasteiger partial charge in [0, 0.05) is 30.9 Å². The Balaban J connectivity index is 1.42. The minimum atomic E-state index is 0.0278. The van der Waals surface area contributed by atoms with Crippen LogP contribution in [0.4, 0.5) is 10.5 Å². The fraction of sp³-hybridized carbons (Fsp3) is 0.588. The molecule has 0 bridgehead atoms. The van der Waals surface area contributed by atoms with Gasteiger partial charge in [-0.2, -0.15) is 0 Å². The van der Waals surface area contributed by atoms with E-state index in [1.165, 1.54) is 18.5 Å². The molecule has 0 aromatic heterocycles. The number of hydrogen-bond acceptors (Lipinski definition) is 2. The number of rotatable bonds is 3. The van der Waals surface area contributed by atoms with Gasteiger partial charge < -0.3 is 15.5 Å². The summed E-state index contributed by atoms with van der Waals surface area (Å²) in [5.74, 6) is 0. The SMILES string of the molecule is O=C(NC1CCCC1)NC1CCN(c2ccccc2)CC1. The Morgan fingerprint density at radius 3 is 2.10 bits per heavy atom. The Morgan fingerprint density at radius 2 is 1.48 bits per heavy atom. The van der Waals surface area contributed by atoms with Crippen LogP contribution in [0, 0.1) is 0 Å². The zero-order valence-corrected chi connectivity index (χ0v) is 12.6. The van der Waals surface area contributed by atoms with Crippen LogP contribution in [-0.4, -0.2) is 31.2 Å². The first-order chi connectivity index (χ1) is 10.3. The second-order valence-electron chi connectivity index (χ2n) is 6.20. The van der Waals surface area contributed by atoms with E-state index in [0.717, 1.165) is 38.8 Å². The van der Waals surface area contributed by atoms with Crippen LogP contribution >= 0.6 is 0 Å². The first-order valence-corrected chi connectivity index (χ1v) is 8.18. The molecule has 1 aliphatic heterocycles. The lowest BCUT2D eigenvalue weighted by atomic mass is 10.0. The predicted octanol–water partition coefficient (Wildman–Crippen LogP) is 2.90. The van der Waals surface area contributed by atoms with Gasteiger partial charge in [0.15, 0.2) is 0 Å². The van der Waals surface area contributed by atoms with Crippen molar-refractivity contribution in [2.75, 3.05) is 18.0 Å². The molecule has 0 radical (unpaired) electrons. The lowest BCUT2D eigenvalue weighted by Gasteiger charge is -2.34. The van der Waals surface area contributed by atoms with Crippen molar-refractivity contribution in [1.29, 1.82) is 0 Å². The Labute approximate surface area is 126 Å². The third kappa shape index (κ3) is 3.90. The van der Waals surface area contributed by atoms with Gasteiger partial charge in [-0.3, -0.25) is 0 Å². The van der Waals surface area contributed by atoms with Gasteiger partial charge in [-0.1, -0.05) is 31.0 Å². The number of hydrogen-bond donors (Lipinski definition) is 2. The molecule has 21 heavy (non-hydrogen) atoms. The summed E-state index contributed by atoms with van der Waals surface area (Å²) in [5.41, 5.74) is 1.28. The standard InChI is InChI=1S/C17H25N3O/c21-17(18-14-6-4-5-7-14)19-15-10-12-20(13-11-15)16-8-2-1-3-9-16/h1-3,8-9,14-15H,4-7,10-13H2,(H2,18,19,21). The fourth-order valence-corrected chi connectivity index (χ4v) is 3.40. The molecule has 2 fully saturated rings. The van der Waals surface area contributed by atoms with E-state index in [-0.39, 0.29) is 6.03 Å². The van der Waals surface area contributed by atoms with Crippen LogP contribution in [0.5, 0.6) is 0 Å². The number of carbonyl (C=O) groups excluding carboxylic acids is 1.